The van der Waals surface area contributed by atoms with Crippen LogP contribution in [-0.2, 0) is 9.53 Å². The number of methoxy groups -OCH3 is 1. The van der Waals surface area contributed by atoms with E-state index in [1.54, 1.807) is 7.11 Å². The van der Waals surface area contributed by atoms with Gasteiger partial charge in [-0.3, -0.25) is 9.69 Å². The molecule has 1 fully saturated rings. The van der Waals surface area contributed by atoms with Gasteiger partial charge in [0.25, 0.3) is 0 Å². The van der Waals surface area contributed by atoms with Crippen molar-refractivity contribution >= 4 is 5.91 Å². The van der Waals surface area contributed by atoms with Crippen molar-refractivity contribution in [2.75, 3.05) is 26.7 Å². The molecule has 1 heterocycles. The van der Waals surface area contributed by atoms with Gasteiger partial charge in [0.1, 0.15) is 0 Å². The maximum atomic E-state index is 12.0. The molecule has 128 valence electrons. The molecule has 5 heteroatoms. The van der Waals surface area contributed by atoms with Gasteiger partial charge in [-0.2, -0.15) is 0 Å². The number of carbonyl (C=O) groups excluding carboxylic acids is 1. The number of piperidine rings is 1. The molecule has 1 aromatic carbocycles. The second kappa shape index (κ2) is 9.01. The van der Waals surface area contributed by atoms with Gasteiger partial charge in [0.15, 0.2) is 0 Å². The molecule has 2 atom stereocenters. The van der Waals surface area contributed by atoms with Crippen LogP contribution in [0.2, 0.25) is 0 Å². The number of hydrogen-bond donors (Lipinski definition) is 2. The Bertz CT molecular complexity index is 468. The lowest BCUT2D eigenvalue weighted by atomic mass is 10.00. The molecule has 0 radical (unpaired) electrons. The van der Waals surface area contributed by atoms with Crippen LogP contribution in [0.15, 0.2) is 30.3 Å². The highest BCUT2D eigenvalue weighted by Gasteiger charge is 2.24. The van der Waals surface area contributed by atoms with Crippen LogP contribution in [0.4, 0.5) is 0 Å². The average Bonchev–Trinajstić information content (AvgIpc) is 2.60. The molecular weight excluding hydrogens is 290 g/mol. The first-order valence-corrected chi connectivity index (χ1v) is 8.45. The summed E-state index contributed by atoms with van der Waals surface area (Å²) in [6.45, 7) is 4.63. The van der Waals surface area contributed by atoms with Crippen LogP contribution in [0.1, 0.15) is 37.8 Å². The lowest BCUT2D eigenvalue weighted by molar-refractivity contribution is -0.124. The van der Waals surface area contributed by atoms with Gasteiger partial charge in [-0.05, 0) is 25.3 Å². The van der Waals surface area contributed by atoms with E-state index in [1.807, 2.05) is 6.07 Å². The van der Waals surface area contributed by atoms with Crippen LogP contribution >= 0.6 is 0 Å². The molecule has 3 N–H and O–H groups in total. The standard InChI is InChI=1S/C18H29N3O2/c1-14(15-6-4-3-5-7-15)21-10-8-16(9-11-21)20-18(22)12-17(13-19)23-2/h3-7,14,16-17H,8-13,19H2,1-2H3,(H,20,22). The molecule has 1 aromatic rings. The van der Waals surface area contributed by atoms with Gasteiger partial charge >= 0.3 is 0 Å². The van der Waals surface area contributed by atoms with E-state index in [9.17, 15) is 4.79 Å². The minimum absolute atomic E-state index is 0.0388. The van der Waals surface area contributed by atoms with E-state index in [1.165, 1.54) is 5.56 Å². The number of nitrogens with one attached hydrogen (secondary N) is 1. The molecule has 1 saturated heterocycles. The summed E-state index contributed by atoms with van der Waals surface area (Å²) in [6.07, 6.45) is 2.13. The predicted molar refractivity (Wildman–Crippen MR) is 92.1 cm³/mol. The van der Waals surface area contributed by atoms with Gasteiger partial charge in [0, 0.05) is 38.8 Å². The number of rotatable bonds is 7. The van der Waals surface area contributed by atoms with Crippen molar-refractivity contribution in [1.82, 2.24) is 10.2 Å². The largest absolute Gasteiger partial charge is 0.380 e. The number of benzene rings is 1. The SMILES string of the molecule is COC(CN)CC(=O)NC1CCN(C(C)c2ccccc2)CC1. The van der Waals surface area contributed by atoms with Gasteiger partial charge in [-0.15, -0.1) is 0 Å². The third-order valence-corrected chi connectivity index (χ3v) is 4.73. The molecule has 0 spiro atoms. The fourth-order valence-electron chi connectivity index (χ4n) is 3.13. The molecular formula is C18H29N3O2. The minimum Gasteiger partial charge on any atom is -0.380 e. The Morgan fingerprint density at radius 2 is 2.00 bits per heavy atom. The highest BCUT2D eigenvalue weighted by Crippen LogP contribution is 2.24. The number of amides is 1. The van der Waals surface area contributed by atoms with E-state index in [4.69, 9.17) is 10.5 Å². The number of hydrogen-bond acceptors (Lipinski definition) is 4. The summed E-state index contributed by atoms with van der Waals surface area (Å²) in [5, 5.41) is 3.12. The van der Waals surface area contributed by atoms with E-state index in [2.05, 4.69) is 41.4 Å². The maximum Gasteiger partial charge on any atom is 0.222 e. The van der Waals surface area contributed by atoms with Crippen molar-refractivity contribution in [3.63, 3.8) is 0 Å². The molecule has 23 heavy (non-hydrogen) atoms. The molecule has 2 rings (SSSR count). The first kappa shape index (κ1) is 17.9. The number of nitrogens with zero attached hydrogens (tertiary/aromatic N) is 1. The number of carbonyl (C=O) groups is 1. The maximum absolute atomic E-state index is 12.0. The van der Waals surface area contributed by atoms with Crippen LogP contribution in [0, 0.1) is 0 Å². The van der Waals surface area contributed by atoms with Gasteiger partial charge in [-0.25, -0.2) is 0 Å². The van der Waals surface area contributed by atoms with Gasteiger partial charge in [0.2, 0.25) is 5.91 Å². The van der Waals surface area contributed by atoms with Crippen LogP contribution in [0.25, 0.3) is 0 Å². The summed E-state index contributed by atoms with van der Waals surface area (Å²) in [4.78, 5) is 14.5. The fraction of sp³-hybridized carbons (Fsp3) is 0.611. The average molecular weight is 319 g/mol. The molecule has 0 aromatic heterocycles. The van der Waals surface area contributed by atoms with Crippen molar-refractivity contribution in [3.05, 3.63) is 35.9 Å². The Balaban J connectivity index is 1.76. The first-order chi connectivity index (χ1) is 11.1. The molecule has 0 saturated carbocycles. The molecule has 0 aliphatic carbocycles. The number of likely N-dealkylation sites (tertiary alicyclic amines) is 1. The monoisotopic (exact) mass is 319 g/mol. The van der Waals surface area contributed by atoms with Crippen molar-refractivity contribution in [2.45, 2.75) is 44.4 Å². The summed E-state index contributed by atoms with van der Waals surface area (Å²) in [6, 6.07) is 11.3. The molecule has 1 aliphatic heterocycles. The van der Waals surface area contributed by atoms with Crippen molar-refractivity contribution in [2.24, 2.45) is 5.73 Å². The Morgan fingerprint density at radius 1 is 1.35 bits per heavy atom. The number of ether oxygens (including phenoxy) is 1. The zero-order valence-corrected chi connectivity index (χ0v) is 14.2. The van der Waals surface area contributed by atoms with Crippen LogP contribution in [0.5, 0.6) is 0 Å². The van der Waals surface area contributed by atoms with Crippen LogP contribution in [0.3, 0.4) is 0 Å². The third-order valence-electron chi connectivity index (χ3n) is 4.73. The van der Waals surface area contributed by atoms with Gasteiger partial charge < -0.3 is 15.8 Å². The Hall–Kier alpha value is -1.43. The highest BCUT2D eigenvalue weighted by atomic mass is 16.5. The molecule has 5 nitrogen and oxygen atoms in total. The van der Waals surface area contributed by atoms with Crippen LogP contribution < -0.4 is 11.1 Å². The third kappa shape index (κ3) is 5.30. The normalized spacial score (nSPS) is 19.3. The van der Waals surface area contributed by atoms with E-state index < -0.39 is 0 Å². The quantitative estimate of drug-likeness (QED) is 0.802. The Labute approximate surface area is 139 Å². The minimum atomic E-state index is -0.187. The van der Waals surface area contributed by atoms with E-state index >= 15 is 0 Å². The van der Waals surface area contributed by atoms with E-state index in [0.29, 0.717) is 19.0 Å². The predicted octanol–water partition coefficient (Wildman–Crippen LogP) is 1.69. The Kier molecular flexibility index (Phi) is 7.02. The van der Waals surface area contributed by atoms with Crippen molar-refractivity contribution < 1.29 is 9.53 Å². The molecule has 0 bridgehead atoms. The summed E-state index contributed by atoms with van der Waals surface area (Å²) in [5.74, 6) is 0.0388. The highest BCUT2D eigenvalue weighted by molar-refractivity contribution is 5.76. The lowest BCUT2D eigenvalue weighted by Crippen LogP contribution is -2.46. The molecule has 1 aliphatic rings. The van der Waals surface area contributed by atoms with Gasteiger partial charge in [0.05, 0.1) is 12.5 Å². The lowest BCUT2D eigenvalue weighted by Gasteiger charge is -2.36. The van der Waals surface area contributed by atoms with Crippen molar-refractivity contribution in [3.8, 4) is 0 Å². The first-order valence-electron chi connectivity index (χ1n) is 8.45. The smallest absolute Gasteiger partial charge is 0.222 e. The summed E-state index contributed by atoms with van der Waals surface area (Å²) in [7, 11) is 1.59. The zero-order valence-electron chi connectivity index (χ0n) is 14.2. The van der Waals surface area contributed by atoms with E-state index in [0.717, 1.165) is 25.9 Å². The van der Waals surface area contributed by atoms with Gasteiger partial charge in [-0.1, -0.05) is 30.3 Å². The van der Waals surface area contributed by atoms with Crippen LogP contribution in [-0.4, -0.2) is 49.7 Å². The second-order valence-electron chi connectivity index (χ2n) is 6.26. The topological polar surface area (TPSA) is 67.6 Å². The summed E-state index contributed by atoms with van der Waals surface area (Å²) >= 11 is 0. The fourth-order valence-corrected chi connectivity index (χ4v) is 3.13. The molecule has 1 amide bonds. The summed E-state index contributed by atoms with van der Waals surface area (Å²) < 4.78 is 5.16. The van der Waals surface area contributed by atoms with Crippen molar-refractivity contribution in [1.29, 1.82) is 0 Å². The summed E-state index contributed by atoms with van der Waals surface area (Å²) in [5.41, 5.74) is 6.91. The zero-order chi connectivity index (χ0) is 16.7. The van der Waals surface area contributed by atoms with E-state index in [-0.39, 0.29) is 18.1 Å². The molecule has 2 unspecified atom stereocenters. The second-order valence-corrected chi connectivity index (χ2v) is 6.26. The number of nitrogens with two attached hydrogens (primary N) is 1. The Morgan fingerprint density at radius 3 is 2.57 bits per heavy atom.